The highest BCUT2D eigenvalue weighted by Crippen LogP contribution is 2.31. The van der Waals surface area contributed by atoms with E-state index in [0.29, 0.717) is 27.2 Å². The molecule has 0 saturated heterocycles. The lowest BCUT2D eigenvalue weighted by molar-refractivity contribution is -0.139. The summed E-state index contributed by atoms with van der Waals surface area (Å²) in [5.74, 6) is 0.254. The first kappa shape index (κ1) is 24.5. The van der Waals surface area contributed by atoms with Crippen molar-refractivity contribution < 1.29 is 14.3 Å². The van der Waals surface area contributed by atoms with Crippen LogP contribution < -0.4 is 24.5 Å². The first-order valence-electron chi connectivity index (χ1n) is 11.5. The standard InChI is InChI=1S/C27H29N3O4S/c1-6-33-21-14-10-19(11-15-21)24-23(26(32)34-7-2)17(3)28-27-30(24)25(31)22(35-27)16-18-8-12-20(13-9-18)29(4)5/h8-16,24H,6-7H2,1-5H3/b22-16+. The van der Waals surface area contributed by atoms with Crippen molar-refractivity contribution in [3.8, 4) is 5.75 Å². The molecule has 0 bridgehead atoms. The first-order chi connectivity index (χ1) is 16.8. The van der Waals surface area contributed by atoms with E-state index in [-0.39, 0.29) is 12.2 Å². The Morgan fingerprint density at radius 1 is 1.09 bits per heavy atom. The summed E-state index contributed by atoms with van der Waals surface area (Å²) in [5.41, 5.74) is 3.50. The molecule has 1 aliphatic heterocycles. The van der Waals surface area contributed by atoms with Crippen molar-refractivity contribution in [3.05, 3.63) is 90.6 Å². The predicted molar refractivity (Wildman–Crippen MR) is 139 cm³/mol. The number of nitrogens with zero attached hydrogens (tertiary/aromatic N) is 3. The summed E-state index contributed by atoms with van der Waals surface area (Å²) in [6.45, 7) is 6.25. The molecule has 0 spiro atoms. The second kappa shape index (κ2) is 10.3. The first-order valence-corrected chi connectivity index (χ1v) is 12.4. The van der Waals surface area contributed by atoms with Gasteiger partial charge in [0.15, 0.2) is 4.80 Å². The lowest BCUT2D eigenvalue weighted by atomic mass is 9.96. The van der Waals surface area contributed by atoms with Gasteiger partial charge >= 0.3 is 5.97 Å². The number of fused-ring (bicyclic) bond motifs is 1. The largest absolute Gasteiger partial charge is 0.494 e. The molecule has 1 aliphatic rings. The van der Waals surface area contributed by atoms with E-state index < -0.39 is 12.0 Å². The summed E-state index contributed by atoms with van der Waals surface area (Å²) in [4.78, 5) is 33.8. The summed E-state index contributed by atoms with van der Waals surface area (Å²) in [6, 6.07) is 14.8. The van der Waals surface area contributed by atoms with E-state index in [1.54, 1.807) is 18.4 Å². The number of allylic oxidation sites excluding steroid dienone is 1. The Morgan fingerprint density at radius 2 is 1.77 bits per heavy atom. The van der Waals surface area contributed by atoms with Crippen LogP contribution in [0.3, 0.4) is 0 Å². The molecular formula is C27H29N3O4S. The maximum Gasteiger partial charge on any atom is 0.338 e. The Labute approximate surface area is 208 Å². The smallest absolute Gasteiger partial charge is 0.338 e. The SMILES string of the molecule is CCOC(=O)C1=C(C)N=c2s/c(=C/c3ccc(N(C)C)cc3)c(=O)n2C1c1ccc(OCC)cc1. The lowest BCUT2D eigenvalue weighted by Crippen LogP contribution is -2.39. The Morgan fingerprint density at radius 3 is 2.37 bits per heavy atom. The number of anilines is 1. The predicted octanol–water partition coefficient (Wildman–Crippen LogP) is 3.26. The van der Waals surface area contributed by atoms with Crippen LogP contribution in [0.1, 0.15) is 37.9 Å². The van der Waals surface area contributed by atoms with Crippen molar-refractivity contribution in [2.24, 2.45) is 4.99 Å². The molecule has 2 heterocycles. The fraction of sp³-hybridized carbons (Fsp3) is 0.296. The maximum absolute atomic E-state index is 13.7. The number of benzene rings is 2. The number of esters is 1. The van der Waals surface area contributed by atoms with Gasteiger partial charge in [0.25, 0.3) is 5.56 Å². The van der Waals surface area contributed by atoms with Crippen LogP contribution in [0.5, 0.6) is 5.75 Å². The van der Waals surface area contributed by atoms with Gasteiger partial charge in [0.1, 0.15) is 5.75 Å². The monoisotopic (exact) mass is 491 g/mol. The molecule has 0 aliphatic carbocycles. The van der Waals surface area contributed by atoms with E-state index in [9.17, 15) is 9.59 Å². The summed E-state index contributed by atoms with van der Waals surface area (Å²) in [6.07, 6.45) is 1.86. The zero-order chi connectivity index (χ0) is 25.1. The molecule has 1 aromatic heterocycles. The summed E-state index contributed by atoms with van der Waals surface area (Å²) in [5, 5.41) is 0. The van der Waals surface area contributed by atoms with Gasteiger partial charge in [0, 0.05) is 19.8 Å². The maximum atomic E-state index is 13.7. The second-order valence-corrected chi connectivity index (χ2v) is 9.30. The molecule has 35 heavy (non-hydrogen) atoms. The molecule has 0 saturated carbocycles. The zero-order valence-corrected chi connectivity index (χ0v) is 21.4. The molecule has 1 atom stereocenters. The Kier molecular flexibility index (Phi) is 7.21. The van der Waals surface area contributed by atoms with E-state index in [0.717, 1.165) is 22.6 Å². The summed E-state index contributed by atoms with van der Waals surface area (Å²) >= 11 is 1.31. The zero-order valence-electron chi connectivity index (χ0n) is 20.6. The fourth-order valence-corrected chi connectivity index (χ4v) is 5.09. The third-order valence-corrected chi connectivity index (χ3v) is 6.71. The van der Waals surface area contributed by atoms with E-state index in [4.69, 9.17) is 9.47 Å². The highest BCUT2D eigenvalue weighted by molar-refractivity contribution is 7.07. The van der Waals surface area contributed by atoms with Crippen molar-refractivity contribution in [1.82, 2.24) is 4.57 Å². The van der Waals surface area contributed by atoms with Crippen LogP contribution in [-0.2, 0) is 9.53 Å². The molecule has 2 aromatic carbocycles. The second-order valence-electron chi connectivity index (χ2n) is 8.29. The fourth-order valence-electron chi connectivity index (χ4n) is 4.04. The normalized spacial score (nSPS) is 15.5. The minimum Gasteiger partial charge on any atom is -0.494 e. The van der Waals surface area contributed by atoms with Gasteiger partial charge in [-0.2, -0.15) is 0 Å². The van der Waals surface area contributed by atoms with Gasteiger partial charge in [0.05, 0.1) is 35.1 Å². The van der Waals surface area contributed by atoms with Gasteiger partial charge < -0.3 is 14.4 Å². The van der Waals surface area contributed by atoms with E-state index in [1.165, 1.54) is 11.3 Å². The number of hydrogen-bond donors (Lipinski definition) is 0. The molecule has 0 fully saturated rings. The van der Waals surface area contributed by atoms with Crippen LogP contribution in [0.2, 0.25) is 0 Å². The number of rotatable bonds is 7. The minimum absolute atomic E-state index is 0.196. The average molecular weight is 492 g/mol. The molecular weight excluding hydrogens is 462 g/mol. The lowest BCUT2D eigenvalue weighted by Gasteiger charge is -2.24. The summed E-state index contributed by atoms with van der Waals surface area (Å²) < 4.78 is 13.1. The minimum atomic E-state index is -0.640. The van der Waals surface area contributed by atoms with Crippen LogP contribution in [0.15, 0.2) is 69.6 Å². The van der Waals surface area contributed by atoms with Crippen LogP contribution in [0.25, 0.3) is 6.08 Å². The quantitative estimate of drug-likeness (QED) is 0.475. The molecule has 0 N–H and O–H groups in total. The van der Waals surface area contributed by atoms with Crippen molar-refractivity contribution >= 4 is 29.1 Å². The third kappa shape index (κ3) is 4.93. The number of hydrogen-bond acceptors (Lipinski definition) is 7. The topological polar surface area (TPSA) is 73.1 Å². The molecule has 0 radical (unpaired) electrons. The van der Waals surface area contributed by atoms with Gasteiger partial charge in [0.2, 0.25) is 0 Å². The number of carbonyl (C=O) groups is 1. The third-order valence-electron chi connectivity index (χ3n) is 5.73. The van der Waals surface area contributed by atoms with Crippen LogP contribution in [0, 0.1) is 0 Å². The molecule has 3 aromatic rings. The molecule has 182 valence electrons. The Balaban J connectivity index is 1.87. The number of aromatic nitrogens is 1. The summed E-state index contributed by atoms with van der Waals surface area (Å²) in [7, 11) is 3.97. The van der Waals surface area contributed by atoms with E-state index >= 15 is 0 Å². The number of thiazole rings is 1. The Hall–Kier alpha value is -3.65. The van der Waals surface area contributed by atoms with Gasteiger partial charge in [-0.3, -0.25) is 9.36 Å². The molecule has 7 nitrogen and oxygen atoms in total. The van der Waals surface area contributed by atoms with Gasteiger partial charge in [-0.05, 0) is 62.2 Å². The van der Waals surface area contributed by atoms with Gasteiger partial charge in [-0.15, -0.1) is 0 Å². The highest BCUT2D eigenvalue weighted by atomic mass is 32.1. The Bertz CT molecular complexity index is 1430. The molecule has 4 rings (SSSR count). The van der Waals surface area contributed by atoms with Crippen molar-refractivity contribution in [3.63, 3.8) is 0 Å². The van der Waals surface area contributed by atoms with Crippen molar-refractivity contribution in [2.75, 3.05) is 32.2 Å². The molecule has 8 heteroatoms. The van der Waals surface area contributed by atoms with Crippen LogP contribution in [0.4, 0.5) is 5.69 Å². The van der Waals surface area contributed by atoms with Crippen LogP contribution >= 0.6 is 11.3 Å². The molecule has 0 amide bonds. The number of carbonyl (C=O) groups excluding carboxylic acids is 1. The van der Waals surface area contributed by atoms with E-state index in [2.05, 4.69) is 4.99 Å². The highest BCUT2D eigenvalue weighted by Gasteiger charge is 2.33. The van der Waals surface area contributed by atoms with Gasteiger partial charge in [-0.25, -0.2) is 9.79 Å². The average Bonchev–Trinajstić information content (AvgIpc) is 3.13. The molecule has 1 unspecified atom stereocenters. The number of ether oxygens (including phenoxy) is 2. The van der Waals surface area contributed by atoms with Gasteiger partial charge in [-0.1, -0.05) is 35.6 Å². The van der Waals surface area contributed by atoms with Crippen molar-refractivity contribution in [1.29, 1.82) is 0 Å². The van der Waals surface area contributed by atoms with E-state index in [1.807, 2.05) is 80.5 Å². The van der Waals surface area contributed by atoms with Crippen molar-refractivity contribution in [2.45, 2.75) is 26.8 Å². The van der Waals surface area contributed by atoms with Crippen LogP contribution in [-0.4, -0.2) is 37.8 Å².